The van der Waals surface area contributed by atoms with Crippen molar-refractivity contribution in [1.29, 1.82) is 0 Å². The molecule has 1 aliphatic heterocycles. The van der Waals surface area contributed by atoms with E-state index in [1.54, 1.807) is 0 Å². The van der Waals surface area contributed by atoms with Gasteiger partial charge in [0.05, 0.1) is 0 Å². The highest BCUT2D eigenvalue weighted by molar-refractivity contribution is 5.63. The summed E-state index contributed by atoms with van der Waals surface area (Å²) in [4.78, 5) is 13.6. The van der Waals surface area contributed by atoms with E-state index in [9.17, 15) is 4.79 Å². The highest BCUT2D eigenvalue weighted by atomic mass is 16.1. The first-order chi connectivity index (χ1) is 7.70. The molecular formula is C14H19NO. The molecule has 86 valence electrons. The monoisotopic (exact) mass is 217 g/mol. The topological polar surface area (TPSA) is 20.3 Å². The summed E-state index contributed by atoms with van der Waals surface area (Å²) in [6.45, 7) is 4.23. The lowest BCUT2D eigenvalue weighted by Gasteiger charge is -2.18. The van der Waals surface area contributed by atoms with Gasteiger partial charge < -0.3 is 9.69 Å². The van der Waals surface area contributed by atoms with E-state index < -0.39 is 0 Å². The van der Waals surface area contributed by atoms with Gasteiger partial charge in [-0.05, 0) is 38.4 Å². The van der Waals surface area contributed by atoms with Crippen molar-refractivity contribution < 1.29 is 4.79 Å². The van der Waals surface area contributed by atoms with Gasteiger partial charge in [-0.2, -0.15) is 0 Å². The molecule has 0 bridgehead atoms. The first-order valence-corrected chi connectivity index (χ1v) is 5.91. The smallest absolute Gasteiger partial charge is 0.127 e. The quantitative estimate of drug-likeness (QED) is 0.724. The van der Waals surface area contributed by atoms with Gasteiger partial charge in [-0.15, -0.1) is 0 Å². The minimum absolute atomic E-state index is 0.0739. The molecule has 0 radical (unpaired) electrons. The second kappa shape index (κ2) is 4.79. The fraction of sp³-hybridized carbons (Fsp3) is 0.500. The van der Waals surface area contributed by atoms with Crippen molar-refractivity contribution in [3.05, 3.63) is 35.4 Å². The number of likely N-dealkylation sites (tertiary alicyclic amines) is 1. The molecule has 2 unspecified atom stereocenters. The Hall–Kier alpha value is -1.15. The lowest BCUT2D eigenvalue weighted by Crippen LogP contribution is -2.19. The summed E-state index contributed by atoms with van der Waals surface area (Å²) in [5.74, 6) is 0.564. The molecule has 1 aromatic carbocycles. The number of rotatable bonds is 3. The Morgan fingerprint density at radius 1 is 1.50 bits per heavy atom. The number of aryl methyl sites for hydroxylation is 1. The SMILES string of the molecule is Cc1cccc(C(C=O)C2CCN(C)C2)c1. The van der Waals surface area contributed by atoms with E-state index in [-0.39, 0.29) is 5.92 Å². The molecule has 0 N–H and O–H groups in total. The normalized spacial score (nSPS) is 23.2. The summed E-state index contributed by atoms with van der Waals surface area (Å²) >= 11 is 0. The number of carbonyl (C=O) groups is 1. The third-order valence-corrected chi connectivity index (χ3v) is 3.51. The molecule has 0 spiro atoms. The van der Waals surface area contributed by atoms with Gasteiger partial charge in [0.25, 0.3) is 0 Å². The van der Waals surface area contributed by atoms with Crippen LogP contribution >= 0.6 is 0 Å². The van der Waals surface area contributed by atoms with Crippen LogP contribution in [0.15, 0.2) is 24.3 Å². The van der Waals surface area contributed by atoms with Gasteiger partial charge >= 0.3 is 0 Å². The minimum atomic E-state index is 0.0739. The van der Waals surface area contributed by atoms with Gasteiger partial charge in [-0.1, -0.05) is 29.8 Å². The first-order valence-electron chi connectivity index (χ1n) is 5.91. The second-order valence-corrected chi connectivity index (χ2v) is 4.89. The van der Waals surface area contributed by atoms with Crippen LogP contribution in [0.3, 0.4) is 0 Å². The van der Waals surface area contributed by atoms with Gasteiger partial charge in [0.15, 0.2) is 0 Å². The maximum atomic E-state index is 11.3. The zero-order chi connectivity index (χ0) is 11.5. The zero-order valence-electron chi connectivity index (χ0n) is 10.0. The maximum Gasteiger partial charge on any atom is 0.127 e. The predicted octanol–water partition coefficient (Wildman–Crippen LogP) is 2.23. The molecule has 0 aliphatic carbocycles. The Kier molecular flexibility index (Phi) is 3.39. The molecular weight excluding hydrogens is 198 g/mol. The third-order valence-electron chi connectivity index (χ3n) is 3.51. The maximum absolute atomic E-state index is 11.3. The van der Waals surface area contributed by atoms with Crippen LogP contribution < -0.4 is 0 Å². The van der Waals surface area contributed by atoms with Crippen molar-refractivity contribution in [2.75, 3.05) is 20.1 Å². The van der Waals surface area contributed by atoms with Crippen molar-refractivity contribution >= 4 is 6.29 Å². The Labute approximate surface area is 97.3 Å². The number of carbonyl (C=O) groups excluding carboxylic acids is 1. The number of benzene rings is 1. The Morgan fingerprint density at radius 3 is 2.88 bits per heavy atom. The van der Waals surface area contributed by atoms with Crippen LogP contribution in [-0.2, 0) is 4.79 Å². The van der Waals surface area contributed by atoms with Gasteiger partial charge in [0, 0.05) is 12.5 Å². The molecule has 0 saturated carbocycles. The zero-order valence-corrected chi connectivity index (χ0v) is 10.0. The van der Waals surface area contributed by atoms with Crippen LogP contribution in [0.5, 0.6) is 0 Å². The van der Waals surface area contributed by atoms with E-state index in [0.29, 0.717) is 5.92 Å². The first kappa shape index (κ1) is 11.3. The van der Waals surface area contributed by atoms with Crippen molar-refractivity contribution in [2.24, 2.45) is 5.92 Å². The number of aldehydes is 1. The fourth-order valence-corrected chi connectivity index (χ4v) is 2.60. The molecule has 2 rings (SSSR count). The Bertz CT molecular complexity index is 375. The molecule has 2 heteroatoms. The fourth-order valence-electron chi connectivity index (χ4n) is 2.60. The van der Waals surface area contributed by atoms with Crippen LogP contribution in [0.2, 0.25) is 0 Å². The summed E-state index contributed by atoms with van der Waals surface area (Å²) in [5.41, 5.74) is 2.41. The van der Waals surface area contributed by atoms with Gasteiger partial charge in [-0.25, -0.2) is 0 Å². The van der Waals surface area contributed by atoms with Crippen molar-refractivity contribution in [3.8, 4) is 0 Å². The molecule has 16 heavy (non-hydrogen) atoms. The minimum Gasteiger partial charge on any atom is -0.306 e. The summed E-state index contributed by atoms with van der Waals surface area (Å²) in [6, 6.07) is 8.33. The summed E-state index contributed by atoms with van der Waals surface area (Å²) < 4.78 is 0. The summed E-state index contributed by atoms with van der Waals surface area (Å²) in [6.07, 6.45) is 2.26. The highest BCUT2D eigenvalue weighted by Crippen LogP contribution is 2.30. The number of nitrogens with zero attached hydrogens (tertiary/aromatic N) is 1. The van der Waals surface area contributed by atoms with E-state index in [1.165, 1.54) is 11.1 Å². The Balaban J connectivity index is 2.19. The average Bonchev–Trinajstić information content (AvgIpc) is 2.66. The molecule has 2 nitrogen and oxygen atoms in total. The van der Waals surface area contributed by atoms with Crippen LogP contribution in [0.25, 0.3) is 0 Å². The van der Waals surface area contributed by atoms with Gasteiger partial charge in [0.2, 0.25) is 0 Å². The molecule has 0 amide bonds. The van der Waals surface area contributed by atoms with E-state index in [1.807, 2.05) is 6.07 Å². The predicted molar refractivity (Wildman–Crippen MR) is 65.6 cm³/mol. The molecule has 1 heterocycles. The molecule has 1 aromatic rings. The van der Waals surface area contributed by atoms with Crippen molar-refractivity contribution in [1.82, 2.24) is 4.90 Å². The highest BCUT2D eigenvalue weighted by Gasteiger charge is 2.28. The van der Waals surface area contributed by atoms with Crippen molar-refractivity contribution in [2.45, 2.75) is 19.3 Å². The third kappa shape index (κ3) is 2.33. The molecule has 1 fully saturated rings. The second-order valence-electron chi connectivity index (χ2n) is 4.89. The summed E-state index contributed by atoms with van der Waals surface area (Å²) in [7, 11) is 2.12. The lowest BCUT2D eigenvalue weighted by atomic mass is 9.86. The van der Waals surface area contributed by atoms with E-state index in [4.69, 9.17) is 0 Å². The molecule has 2 atom stereocenters. The number of hydrogen-bond donors (Lipinski definition) is 0. The molecule has 1 saturated heterocycles. The molecule has 0 aromatic heterocycles. The average molecular weight is 217 g/mol. The summed E-state index contributed by atoms with van der Waals surface area (Å²) in [5, 5.41) is 0. The lowest BCUT2D eigenvalue weighted by molar-refractivity contribution is -0.110. The van der Waals surface area contributed by atoms with Crippen molar-refractivity contribution in [3.63, 3.8) is 0 Å². The number of hydrogen-bond acceptors (Lipinski definition) is 2. The standard InChI is InChI=1S/C14H19NO/c1-11-4-3-5-12(8-11)14(10-16)13-6-7-15(2)9-13/h3-5,8,10,13-14H,6-7,9H2,1-2H3. The van der Waals surface area contributed by atoms with E-state index in [2.05, 4.69) is 37.1 Å². The molecule has 1 aliphatic rings. The van der Waals surface area contributed by atoms with E-state index >= 15 is 0 Å². The van der Waals surface area contributed by atoms with Gasteiger partial charge in [0.1, 0.15) is 6.29 Å². The van der Waals surface area contributed by atoms with Crippen LogP contribution in [0.4, 0.5) is 0 Å². The Morgan fingerprint density at radius 2 is 2.31 bits per heavy atom. The van der Waals surface area contributed by atoms with Crippen LogP contribution in [0.1, 0.15) is 23.5 Å². The van der Waals surface area contributed by atoms with E-state index in [0.717, 1.165) is 25.8 Å². The van der Waals surface area contributed by atoms with Crippen LogP contribution in [-0.4, -0.2) is 31.3 Å². The van der Waals surface area contributed by atoms with Gasteiger partial charge in [-0.3, -0.25) is 0 Å². The largest absolute Gasteiger partial charge is 0.306 e. The van der Waals surface area contributed by atoms with Crippen LogP contribution in [0, 0.1) is 12.8 Å².